The van der Waals surface area contributed by atoms with E-state index in [-0.39, 0.29) is 17.0 Å². The second-order valence-corrected chi connectivity index (χ2v) is 7.51. The molecule has 140 valence electrons. The minimum Gasteiger partial charge on any atom is -0.465 e. The van der Waals surface area contributed by atoms with Gasteiger partial charge in [0.15, 0.2) is 5.82 Å². The Bertz CT molecular complexity index is 1050. The molecule has 0 saturated carbocycles. The second-order valence-electron chi connectivity index (χ2n) is 5.77. The lowest BCUT2D eigenvalue weighted by molar-refractivity contribution is 0.0600. The predicted octanol–water partition coefficient (Wildman–Crippen LogP) is 1.84. The monoisotopic (exact) mass is 386 g/mol. The van der Waals surface area contributed by atoms with Crippen molar-refractivity contribution in [3.8, 4) is 5.82 Å². The van der Waals surface area contributed by atoms with Crippen molar-refractivity contribution in [2.75, 3.05) is 7.11 Å². The van der Waals surface area contributed by atoms with Crippen LogP contribution in [-0.2, 0) is 21.3 Å². The van der Waals surface area contributed by atoms with Crippen molar-refractivity contribution in [1.82, 2.24) is 19.5 Å². The molecule has 0 amide bonds. The number of pyridine rings is 1. The van der Waals surface area contributed by atoms with E-state index in [9.17, 15) is 13.2 Å². The largest absolute Gasteiger partial charge is 0.465 e. The zero-order chi connectivity index (χ0) is 19.4. The molecule has 0 radical (unpaired) electrons. The Morgan fingerprint density at radius 1 is 1.26 bits per heavy atom. The summed E-state index contributed by atoms with van der Waals surface area (Å²) in [5, 5.41) is 4.09. The van der Waals surface area contributed by atoms with E-state index >= 15 is 0 Å². The maximum atomic E-state index is 12.6. The molecular weight excluding hydrogens is 368 g/mol. The first-order valence-corrected chi connectivity index (χ1v) is 9.52. The maximum Gasteiger partial charge on any atom is 0.337 e. The first-order chi connectivity index (χ1) is 12.9. The molecule has 0 unspecified atom stereocenters. The van der Waals surface area contributed by atoms with Gasteiger partial charge in [0.05, 0.1) is 17.6 Å². The lowest BCUT2D eigenvalue weighted by atomic mass is 10.1. The molecule has 8 nitrogen and oxygen atoms in total. The number of carbonyl (C=O) groups excluding carboxylic acids is 1. The molecule has 0 bridgehead atoms. The summed E-state index contributed by atoms with van der Waals surface area (Å²) in [6.45, 7) is 1.73. The van der Waals surface area contributed by atoms with Gasteiger partial charge in [-0.15, -0.1) is 0 Å². The first kappa shape index (κ1) is 18.7. The van der Waals surface area contributed by atoms with E-state index in [0.717, 1.165) is 0 Å². The van der Waals surface area contributed by atoms with Crippen molar-refractivity contribution in [2.24, 2.45) is 0 Å². The van der Waals surface area contributed by atoms with E-state index in [1.54, 1.807) is 54.5 Å². The number of hydrogen-bond acceptors (Lipinski definition) is 6. The van der Waals surface area contributed by atoms with E-state index in [4.69, 9.17) is 0 Å². The molecule has 2 heterocycles. The van der Waals surface area contributed by atoms with Crippen molar-refractivity contribution in [3.05, 3.63) is 71.7 Å². The Kier molecular flexibility index (Phi) is 5.33. The average Bonchev–Trinajstić information content (AvgIpc) is 3.21. The molecule has 1 N–H and O–H groups in total. The maximum absolute atomic E-state index is 12.6. The smallest absolute Gasteiger partial charge is 0.337 e. The van der Waals surface area contributed by atoms with E-state index in [2.05, 4.69) is 19.5 Å². The van der Waals surface area contributed by atoms with Gasteiger partial charge in [-0.1, -0.05) is 12.1 Å². The molecular formula is C18H18N4O4S. The average molecular weight is 386 g/mol. The third kappa shape index (κ3) is 4.21. The van der Waals surface area contributed by atoms with Crippen LogP contribution in [0.1, 0.15) is 21.5 Å². The molecule has 3 rings (SSSR count). The number of rotatable bonds is 6. The van der Waals surface area contributed by atoms with E-state index in [1.165, 1.54) is 19.2 Å². The number of ether oxygens (including phenoxy) is 1. The minimum absolute atomic E-state index is 0.0338. The van der Waals surface area contributed by atoms with Crippen LogP contribution in [0.4, 0.5) is 0 Å². The van der Waals surface area contributed by atoms with Gasteiger partial charge in [0.25, 0.3) is 0 Å². The number of nitrogens with one attached hydrogen (secondary N) is 1. The van der Waals surface area contributed by atoms with Crippen molar-refractivity contribution >= 4 is 16.0 Å². The highest BCUT2D eigenvalue weighted by atomic mass is 32.2. The lowest BCUT2D eigenvalue weighted by Gasteiger charge is -2.11. The van der Waals surface area contributed by atoms with Gasteiger partial charge in [-0.25, -0.2) is 27.6 Å². The van der Waals surface area contributed by atoms with Crippen LogP contribution in [0.5, 0.6) is 0 Å². The summed E-state index contributed by atoms with van der Waals surface area (Å²) in [5.41, 5.74) is 1.40. The van der Waals surface area contributed by atoms with E-state index in [1.807, 2.05) is 0 Å². The topological polar surface area (TPSA) is 103 Å². The van der Waals surface area contributed by atoms with Gasteiger partial charge in [0.2, 0.25) is 10.0 Å². The molecule has 0 saturated heterocycles. The summed E-state index contributed by atoms with van der Waals surface area (Å²) in [4.78, 5) is 16.0. The van der Waals surface area contributed by atoms with E-state index in [0.29, 0.717) is 16.9 Å². The van der Waals surface area contributed by atoms with Crippen LogP contribution in [0.2, 0.25) is 0 Å². The Morgan fingerprint density at radius 2 is 2.07 bits per heavy atom. The summed E-state index contributed by atoms with van der Waals surface area (Å²) >= 11 is 0. The van der Waals surface area contributed by atoms with Gasteiger partial charge in [-0.05, 0) is 42.3 Å². The minimum atomic E-state index is -3.81. The zero-order valence-electron chi connectivity index (χ0n) is 14.8. The van der Waals surface area contributed by atoms with Crippen LogP contribution >= 0.6 is 0 Å². The fraction of sp³-hybridized carbons (Fsp3) is 0.167. The van der Waals surface area contributed by atoms with Crippen molar-refractivity contribution in [2.45, 2.75) is 18.4 Å². The molecule has 1 aromatic carbocycles. The number of hydrogen-bond donors (Lipinski definition) is 1. The number of sulfonamides is 1. The summed E-state index contributed by atoms with van der Waals surface area (Å²) in [6.07, 6.45) is 4.99. The molecule has 27 heavy (non-hydrogen) atoms. The van der Waals surface area contributed by atoms with Crippen LogP contribution in [-0.4, -0.2) is 36.3 Å². The van der Waals surface area contributed by atoms with Gasteiger partial charge in [0, 0.05) is 25.1 Å². The summed E-state index contributed by atoms with van der Waals surface area (Å²) < 4.78 is 34.1. The number of nitrogens with zero attached hydrogens (tertiary/aromatic N) is 3. The van der Waals surface area contributed by atoms with Crippen molar-refractivity contribution in [1.29, 1.82) is 0 Å². The first-order valence-electron chi connectivity index (χ1n) is 8.04. The number of benzene rings is 1. The third-order valence-electron chi connectivity index (χ3n) is 3.91. The van der Waals surface area contributed by atoms with Crippen LogP contribution in [0, 0.1) is 6.92 Å². The molecule has 0 atom stereocenters. The summed E-state index contributed by atoms with van der Waals surface area (Å²) in [7, 11) is -2.57. The van der Waals surface area contributed by atoms with Gasteiger partial charge in [0.1, 0.15) is 0 Å². The molecule has 0 spiro atoms. The van der Waals surface area contributed by atoms with Crippen LogP contribution < -0.4 is 4.72 Å². The Hall–Kier alpha value is -3.04. The van der Waals surface area contributed by atoms with Gasteiger partial charge in [-0.2, -0.15) is 5.10 Å². The molecule has 0 aliphatic heterocycles. The predicted molar refractivity (Wildman–Crippen MR) is 97.9 cm³/mol. The Labute approximate surface area is 156 Å². The molecule has 9 heteroatoms. The van der Waals surface area contributed by atoms with Crippen LogP contribution in [0.3, 0.4) is 0 Å². The standard InChI is InChI=1S/C18H18N4O4S/c1-13-4-6-15(18(23)26-2)10-16(13)27(24,25)21-12-14-5-7-17(19-11-14)22-9-3-8-20-22/h3-11,21H,12H2,1-2H3. The van der Waals surface area contributed by atoms with E-state index < -0.39 is 16.0 Å². The zero-order valence-corrected chi connectivity index (χ0v) is 15.6. The summed E-state index contributed by atoms with van der Waals surface area (Å²) in [5.74, 6) is 0.0399. The molecule has 0 fully saturated rings. The highest BCUT2D eigenvalue weighted by molar-refractivity contribution is 7.89. The molecule has 0 aliphatic carbocycles. The van der Waals surface area contributed by atoms with Gasteiger partial charge >= 0.3 is 5.97 Å². The second kappa shape index (κ2) is 7.68. The quantitative estimate of drug-likeness (QED) is 0.649. The lowest BCUT2D eigenvalue weighted by Crippen LogP contribution is -2.24. The molecule has 3 aromatic rings. The number of esters is 1. The SMILES string of the molecule is COC(=O)c1ccc(C)c(S(=O)(=O)NCc2ccc(-n3cccn3)nc2)c1. The molecule has 2 aromatic heterocycles. The summed E-state index contributed by atoms with van der Waals surface area (Å²) in [6, 6.07) is 9.71. The number of aryl methyl sites for hydroxylation is 1. The van der Waals surface area contributed by atoms with Crippen LogP contribution in [0.25, 0.3) is 5.82 Å². The highest BCUT2D eigenvalue weighted by Gasteiger charge is 2.19. The Balaban J connectivity index is 1.76. The van der Waals surface area contributed by atoms with Crippen molar-refractivity contribution in [3.63, 3.8) is 0 Å². The van der Waals surface area contributed by atoms with Crippen molar-refractivity contribution < 1.29 is 17.9 Å². The number of aromatic nitrogens is 3. The fourth-order valence-corrected chi connectivity index (χ4v) is 3.74. The Morgan fingerprint density at radius 3 is 2.70 bits per heavy atom. The van der Waals surface area contributed by atoms with Crippen LogP contribution in [0.15, 0.2) is 59.9 Å². The highest BCUT2D eigenvalue weighted by Crippen LogP contribution is 2.18. The van der Waals surface area contributed by atoms with Gasteiger partial charge < -0.3 is 4.74 Å². The normalized spacial score (nSPS) is 11.3. The molecule has 0 aliphatic rings. The fourth-order valence-electron chi connectivity index (χ4n) is 2.45. The number of carbonyl (C=O) groups is 1. The van der Waals surface area contributed by atoms with Gasteiger partial charge in [-0.3, -0.25) is 0 Å². The number of methoxy groups -OCH3 is 1. The third-order valence-corrected chi connectivity index (χ3v) is 5.46.